The molecule has 1 aliphatic heterocycles. The molecule has 0 saturated carbocycles. The maximum absolute atomic E-state index is 13.2. The van der Waals surface area contributed by atoms with Gasteiger partial charge in [-0.25, -0.2) is 0 Å². The summed E-state index contributed by atoms with van der Waals surface area (Å²) in [5, 5.41) is 0.676. The summed E-state index contributed by atoms with van der Waals surface area (Å²) in [4.78, 5) is 28.2. The highest BCUT2D eigenvalue weighted by Gasteiger charge is 2.24. The third-order valence-corrected chi connectivity index (χ3v) is 5.53. The normalized spacial score (nSPS) is 14.0. The highest BCUT2D eigenvalue weighted by molar-refractivity contribution is 6.30. The van der Waals surface area contributed by atoms with E-state index >= 15 is 0 Å². The lowest BCUT2D eigenvalue weighted by Crippen LogP contribution is -2.48. The third kappa shape index (κ3) is 4.17. The molecule has 1 aliphatic rings. The summed E-state index contributed by atoms with van der Waals surface area (Å²) >= 11 is 6.01. The Kier molecular flexibility index (Phi) is 5.63. The molecular weight excluding hydrogens is 384 g/mol. The van der Waals surface area contributed by atoms with Crippen molar-refractivity contribution in [2.75, 3.05) is 31.1 Å². The second-order valence-corrected chi connectivity index (χ2v) is 7.48. The van der Waals surface area contributed by atoms with Crippen LogP contribution in [0.2, 0.25) is 5.02 Å². The number of anilines is 1. The topological polar surface area (TPSA) is 40.6 Å². The van der Waals surface area contributed by atoms with E-state index in [4.69, 9.17) is 11.6 Å². The zero-order valence-corrected chi connectivity index (χ0v) is 16.7. The Hall–Kier alpha value is -3.11. The molecule has 0 radical (unpaired) electrons. The van der Waals surface area contributed by atoms with E-state index < -0.39 is 0 Å². The van der Waals surface area contributed by atoms with Crippen LogP contribution < -0.4 is 4.90 Å². The first-order valence-electron chi connectivity index (χ1n) is 9.60. The van der Waals surface area contributed by atoms with E-state index in [0.29, 0.717) is 29.2 Å². The van der Waals surface area contributed by atoms with Crippen molar-refractivity contribution < 1.29 is 9.59 Å². The molecule has 1 saturated heterocycles. The van der Waals surface area contributed by atoms with Gasteiger partial charge in [0, 0.05) is 48.0 Å². The number of nitrogens with zero attached hydrogens (tertiary/aromatic N) is 2. The van der Waals surface area contributed by atoms with Gasteiger partial charge in [-0.3, -0.25) is 9.59 Å². The number of hydrogen-bond acceptors (Lipinski definition) is 3. The van der Waals surface area contributed by atoms with Crippen molar-refractivity contribution in [3.63, 3.8) is 0 Å². The van der Waals surface area contributed by atoms with Crippen molar-refractivity contribution in [3.8, 4) is 11.1 Å². The van der Waals surface area contributed by atoms with Gasteiger partial charge in [-0.05, 0) is 53.6 Å². The van der Waals surface area contributed by atoms with Crippen LogP contribution in [0.4, 0.5) is 5.69 Å². The fourth-order valence-corrected chi connectivity index (χ4v) is 3.78. The molecule has 0 aromatic heterocycles. The van der Waals surface area contributed by atoms with Gasteiger partial charge in [0.15, 0.2) is 0 Å². The summed E-state index contributed by atoms with van der Waals surface area (Å²) in [6.07, 6.45) is 0.846. The number of halogens is 1. The van der Waals surface area contributed by atoms with E-state index in [2.05, 4.69) is 4.90 Å². The molecule has 146 valence electrons. The number of hydrogen-bond donors (Lipinski definition) is 0. The van der Waals surface area contributed by atoms with Gasteiger partial charge in [0.2, 0.25) is 0 Å². The van der Waals surface area contributed by atoms with Gasteiger partial charge < -0.3 is 9.80 Å². The number of aldehydes is 1. The first-order chi connectivity index (χ1) is 14.2. The number of rotatable bonds is 4. The Morgan fingerprint density at radius 1 is 0.828 bits per heavy atom. The van der Waals surface area contributed by atoms with E-state index in [9.17, 15) is 9.59 Å². The zero-order chi connectivity index (χ0) is 20.2. The summed E-state index contributed by atoms with van der Waals surface area (Å²) in [6, 6.07) is 22.8. The first kappa shape index (κ1) is 19.2. The Labute approximate surface area is 175 Å². The van der Waals surface area contributed by atoms with Crippen LogP contribution in [0, 0.1) is 0 Å². The predicted molar refractivity (Wildman–Crippen MR) is 117 cm³/mol. The molecule has 5 heteroatoms. The second-order valence-electron chi connectivity index (χ2n) is 7.04. The Morgan fingerprint density at radius 2 is 1.48 bits per heavy atom. The van der Waals surface area contributed by atoms with E-state index in [-0.39, 0.29) is 5.91 Å². The molecule has 0 spiro atoms. The summed E-state index contributed by atoms with van der Waals surface area (Å²) < 4.78 is 0. The minimum Gasteiger partial charge on any atom is -0.368 e. The van der Waals surface area contributed by atoms with Crippen LogP contribution in [0.3, 0.4) is 0 Å². The van der Waals surface area contributed by atoms with Gasteiger partial charge >= 0.3 is 0 Å². The molecular formula is C24H21ClN2O2. The van der Waals surface area contributed by atoms with Gasteiger partial charge in [-0.1, -0.05) is 41.9 Å². The number of amides is 1. The molecule has 1 amide bonds. The molecule has 0 N–H and O–H groups in total. The summed E-state index contributed by atoms with van der Waals surface area (Å²) in [5.74, 6) is 0.0477. The number of benzene rings is 3. The van der Waals surface area contributed by atoms with Crippen LogP contribution in [0.1, 0.15) is 20.7 Å². The summed E-state index contributed by atoms with van der Waals surface area (Å²) in [5.41, 5.74) is 4.34. The summed E-state index contributed by atoms with van der Waals surface area (Å²) in [7, 11) is 0. The zero-order valence-electron chi connectivity index (χ0n) is 15.9. The van der Waals surface area contributed by atoms with Crippen LogP contribution in [0.5, 0.6) is 0 Å². The van der Waals surface area contributed by atoms with Crippen molar-refractivity contribution in [1.29, 1.82) is 0 Å². The SMILES string of the molecule is O=Cc1ccc(N2CCN(C(=O)c3ccccc3-c3ccc(Cl)cc3)CC2)cc1. The van der Waals surface area contributed by atoms with Crippen LogP contribution in [0.25, 0.3) is 11.1 Å². The monoisotopic (exact) mass is 404 g/mol. The molecule has 0 atom stereocenters. The molecule has 3 aromatic carbocycles. The lowest BCUT2D eigenvalue weighted by Gasteiger charge is -2.36. The number of piperazine rings is 1. The van der Waals surface area contributed by atoms with Crippen LogP contribution in [0.15, 0.2) is 72.8 Å². The lowest BCUT2D eigenvalue weighted by molar-refractivity contribution is 0.0747. The summed E-state index contributed by atoms with van der Waals surface area (Å²) in [6.45, 7) is 2.83. The van der Waals surface area contributed by atoms with E-state index in [1.165, 1.54) is 0 Å². The standard InChI is InChI=1S/C24H21ClN2O2/c25-20-9-7-19(8-10-20)22-3-1-2-4-23(22)24(29)27-15-13-26(14-16-27)21-11-5-18(17-28)6-12-21/h1-12,17H,13-16H2. The van der Waals surface area contributed by atoms with E-state index in [1.54, 1.807) is 0 Å². The smallest absolute Gasteiger partial charge is 0.254 e. The van der Waals surface area contributed by atoms with E-state index in [0.717, 1.165) is 36.2 Å². The molecule has 29 heavy (non-hydrogen) atoms. The van der Waals surface area contributed by atoms with Crippen molar-refractivity contribution in [2.24, 2.45) is 0 Å². The molecule has 0 bridgehead atoms. The van der Waals surface area contributed by atoms with E-state index in [1.807, 2.05) is 77.7 Å². The Balaban J connectivity index is 1.49. The average molecular weight is 405 g/mol. The number of carbonyl (C=O) groups is 2. The first-order valence-corrected chi connectivity index (χ1v) is 9.98. The fraction of sp³-hybridized carbons (Fsp3) is 0.167. The van der Waals surface area contributed by atoms with Gasteiger partial charge in [-0.2, -0.15) is 0 Å². The van der Waals surface area contributed by atoms with Gasteiger partial charge in [0.05, 0.1) is 0 Å². The van der Waals surface area contributed by atoms with Crippen molar-refractivity contribution >= 4 is 29.5 Å². The predicted octanol–water partition coefficient (Wildman–Crippen LogP) is 4.78. The Bertz CT molecular complexity index is 1010. The maximum Gasteiger partial charge on any atom is 0.254 e. The van der Waals surface area contributed by atoms with Crippen molar-refractivity contribution in [1.82, 2.24) is 4.90 Å². The Morgan fingerprint density at radius 3 is 2.14 bits per heavy atom. The lowest BCUT2D eigenvalue weighted by atomic mass is 9.98. The maximum atomic E-state index is 13.2. The van der Waals surface area contributed by atoms with Crippen LogP contribution >= 0.6 is 11.6 Å². The molecule has 0 aliphatic carbocycles. The quantitative estimate of drug-likeness (QED) is 0.587. The highest BCUT2D eigenvalue weighted by Crippen LogP contribution is 2.27. The minimum atomic E-state index is 0.0477. The van der Waals surface area contributed by atoms with Crippen LogP contribution in [-0.2, 0) is 0 Å². The largest absolute Gasteiger partial charge is 0.368 e. The van der Waals surface area contributed by atoms with Gasteiger partial charge in [-0.15, -0.1) is 0 Å². The van der Waals surface area contributed by atoms with Crippen molar-refractivity contribution in [3.05, 3.63) is 88.9 Å². The molecule has 0 unspecified atom stereocenters. The fourth-order valence-electron chi connectivity index (χ4n) is 3.65. The minimum absolute atomic E-state index is 0.0477. The highest BCUT2D eigenvalue weighted by atomic mass is 35.5. The molecule has 1 fully saturated rings. The molecule has 4 nitrogen and oxygen atoms in total. The molecule has 1 heterocycles. The third-order valence-electron chi connectivity index (χ3n) is 5.27. The van der Waals surface area contributed by atoms with Crippen LogP contribution in [-0.4, -0.2) is 43.3 Å². The second kappa shape index (κ2) is 8.50. The molecule has 4 rings (SSSR count). The number of carbonyl (C=O) groups excluding carboxylic acids is 2. The average Bonchev–Trinajstić information content (AvgIpc) is 2.79. The molecule has 3 aromatic rings. The van der Waals surface area contributed by atoms with Crippen molar-refractivity contribution in [2.45, 2.75) is 0 Å². The van der Waals surface area contributed by atoms with Gasteiger partial charge in [0.25, 0.3) is 5.91 Å². The van der Waals surface area contributed by atoms with Gasteiger partial charge in [0.1, 0.15) is 6.29 Å².